The van der Waals surface area contributed by atoms with E-state index in [1.54, 1.807) is 35.9 Å². The quantitative estimate of drug-likeness (QED) is 0.293. The molecule has 0 saturated carbocycles. The maximum atomic E-state index is 12.3. The lowest BCUT2D eigenvalue weighted by atomic mass is 10.2. The average molecular weight is 415 g/mol. The average Bonchev–Trinajstić information content (AvgIpc) is 3.28. The van der Waals surface area contributed by atoms with Gasteiger partial charge in [-0.1, -0.05) is 22.9 Å². The molecule has 11 heteroatoms. The van der Waals surface area contributed by atoms with Crippen LogP contribution in [-0.4, -0.2) is 25.6 Å². The van der Waals surface area contributed by atoms with E-state index in [0.29, 0.717) is 16.4 Å². The minimum Gasteiger partial charge on any atom is -0.317 e. The number of hydrogen-bond acceptors (Lipinski definition) is 7. The highest BCUT2D eigenvalue weighted by molar-refractivity contribution is 7.15. The predicted octanol–water partition coefficient (Wildman–Crippen LogP) is 3.74. The third-order valence-corrected chi connectivity index (χ3v) is 4.66. The SMILES string of the molecule is Cc1nnc(NC(=O)C(C#N)=Cc2cccn2-c2ccc(Cl)c([N+](=O)[O-])c2)s1. The van der Waals surface area contributed by atoms with Crippen LogP contribution >= 0.6 is 22.9 Å². The Labute approximate surface area is 167 Å². The highest BCUT2D eigenvalue weighted by Crippen LogP contribution is 2.28. The molecule has 1 aromatic carbocycles. The van der Waals surface area contributed by atoms with Crippen LogP contribution in [0.25, 0.3) is 11.8 Å². The molecule has 0 aliphatic heterocycles. The molecule has 1 N–H and O–H groups in total. The van der Waals surface area contributed by atoms with Crippen LogP contribution in [0.2, 0.25) is 5.02 Å². The molecule has 3 aromatic rings. The van der Waals surface area contributed by atoms with Crippen molar-refractivity contribution in [1.29, 1.82) is 5.26 Å². The molecule has 3 rings (SSSR count). The van der Waals surface area contributed by atoms with Gasteiger partial charge in [-0.25, -0.2) is 0 Å². The van der Waals surface area contributed by atoms with E-state index >= 15 is 0 Å². The molecule has 0 fully saturated rings. The van der Waals surface area contributed by atoms with Crippen molar-refractivity contribution >= 4 is 45.7 Å². The van der Waals surface area contributed by atoms with E-state index in [2.05, 4.69) is 15.5 Å². The molecule has 0 bridgehead atoms. The van der Waals surface area contributed by atoms with Crippen LogP contribution in [-0.2, 0) is 4.79 Å². The highest BCUT2D eigenvalue weighted by Gasteiger charge is 2.16. The van der Waals surface area contributed by atoms with Gasteiger partial charge in [0.05, 0.1) is 10.6 Å². The number of rotatable bonds is 5. The minimum atomic E-state index is -0.631. The first-order valence-corrected chi connectivity index (χ1v) is 8.93. The second-order valence-electron chi connectivity index (χ2n) is 5.45. The second-order valence-corrected chi connectivity index (χ2v) is 7.03. The molecular weight excluding hydrogens is 404 g/mol. The van der Waals surface area contributed by atoms with E-state index in [4.69, 9.17) is 11.6 Å². The Morgan fingerprint density at radius 2 is 2.21 bits per heavy atom. The number of nitriles is 1. The van der Waals surface area contributed by atoms with Crippen molar-refractivity contribution in [2.75, 3.05) is 5.32 Å². The van der Waals surface area contributed by atoms with Gasteiger partial charge in [0.2, 0.25) is 5.13 Å². The molecule has 2 heterocycles. The van der Waals surface area contributed by atoms with E-state index in [1.807, 2.05) is 6.07 Å². The van der Waals surface area contributed by atoms with Crippen molar-refractivity contribution in [3.05, 3.63) is 67.9 Å². The van der Waals surface area contributed by atoms with Crippen molar-refractivity contribution in [1.82, 2.24) is 14.8 Å². The van der Waals surface area contributed by atoms with E-state index < -0.39 is 10.8 Å². The number of hydrogen-bond donors (Lipinski definition) is 1. The van der Waals surface area contributed by atoms with Gasteiger partial charge < -0.3 is 4.57 Å². The first-order valence-electron chi connectivity index (χ1n) is 7.74. The zero-order valence-corrected chi connectivity index (χ0v) is 15.9. The van der Waals surface area contributed by atoms with Gasteiger partial charge >= 0.3 is 0 Å². The summed E-state index contributed by atoms with van der Waals surface area (Å²) in [5.41, 5.74) is 0.547. The van der Waals surface area contributed by atoms with Gasteiger partial charge in [0.15, 0.2) is 0 Å². The summed E-state index contributed by atoms with van der Waals surface area (Å²) in [6.45, 7) is 1.74. The number of carbonyl (C=O) groups excluding carboxylic acids is 1. The number of carbonyl (C=O) groups is 1. The zero-order chi connectivity index (χ0) is 20.3. The monoisotopic (exact) mass is 414 g/mol. The predicted molar refractivity (Wildman–Crippen MR) is 104 cm³/mol. The Hall–Kier alpha value is -3.55. The molecule has 0 spiro atoms. The molecule has 140 valence electrons. The summed E-state index contributed by atoms with van der Waals surface area (Å²) < 4.78 is 1.60. The molecule has 0 saturated heterocycles. The number of nitro groups is 1. The van der Waals surface area contributed by atoms with Crippen LogP contribution in [0, 0.1) is 28.4 Å². The molecule has 0 unspecified atom stereocenters. The number of nitrogens with zero attached hydrogens (tertiary/aromatic N) is 5. The van der Waals surface area contributed by atoms with Gasteiger partial charge in [0.1, 0.15) is 21.7 Å². The number of benzene rings is 1. The number of nitro benzene ring substituents is 1. The summed E-state index contributed by atoms with van der Waals surface area (Å²) in [4.78, 5) is 22.9. The van der Waals surface area contributed by atoms with Crippen LogP contribution in [0.3, 0.4) is 0 Å². The van der Waals surface area contributed by atoms with E-state index in [1.165, 1.54) is 29.5 Å². The van der Waals surface area contributed by atoms with Gasteiger partial charge in [-0.3, -0.25) is 20.2 Å². The largest absolute Gasteiger partial charge is 0.317 e. The van der Waals surface area contributed by atoms with Crippen LogP contribution in [0.4, 0.5) is 10.8 Å². The highest BCUT2D eigenvalue weighted by atomic mass is 35.5. The van der Waals surface area contributed by atoms with E-state index in [-0.39, 0.29) is 21.4 Å². The van der Waals surface area contributed by atoms with Crippen LogP contribution < -0.4 is 5.32 Å². The zero-order valence-electron chi connectivity index (χ0n) is 14.3. The Balaban J connectivity index is 1.94. The number of aryl methyl sites for hydroxylation is 1. The standard InChI is InChI=1S/C17H11ClN6O3S/c1-10-21-22-17(28-10)20-16(25)11(9-19)7-12-3-2-6-23(12)13-4-5-14(18)15(8-13)24(26)27/h2-8H,1H3,(H,20,22,25). The smallest absolute Gasteiger partial charge is 0.289 e. The molecule has 0 aliphatic rings. The maximum Gasteiger partial charge on any atom is 0.289 e. The van der Waals surface area contributed by atoms with Gasteiger partial charge in [-0.05, 0) is 37.3 Å². The van der Waals surface area contributed by atoms with Crippen molar-refractivity contribution in [2.24, 2.45) is 0 Å². The molecule has 0 atom stereocenters. The number of halogens is 1. The third kappa shape index (κ3) is 4.06. The van der Waals surface area contributed by atoms with E-state index in [9.17, 15) is 20.2 Å². The Morgan fingerprint density at radius 1 is 1.43 bits per heavy atom. The van der Waals surface area contributed by atoms with Crippen molar-refractivity contribution in [3.8, 4) is 11.8 Å². The Morgan fingerprint density at radius 3 is 2.86 bits per heavy atom. The third-order valence-electron chi connectivity index (χ3n) is 3.59. The number of anilines is 1. The molecular formula is C17H11ClN6O3S. The van der Waals surface area contributed by atoms with Crippen LogP contribution in [0.15, 0.2) is 42.1 Å². The fourth-order valence-electron chi connectivity index (χ4n) is 2.35. The van der Waals surface area contributed by atoms with E-state index in [0.717, 1.165) is 0 Å². The summed E-state index contributed by atoms with van der Waals surface area (Å²) in [7, 11) is 0. The fraction of sp³-hybridized carbons (Fsp3) is 0.0588. The van der Waals surface area contributed by atoms with Gasteiger partial charge in [-0.2, -0.15) is 5.26 Å². The van der Waals surface area contributed by atoms with Gasteiger partial charge in [0, 0.05) is 18.0 Å². The summed E-state index contributed by atoms with van der Waals surface area (Å²) in [5.74, 6) is -0.631. The Bertz CT molecular complexity index is 1140. The summed E-state index contributed by atoms with van der Waals surface area (Å²) in [5, 5.41) is 31.6. The number of amides is 1. The van der Waals surface area contributed by atoms with Crippen LogP contribution in [0.1, 0.15) is 10.7 Å². The van der Waals surface area contributed by atoms with Gasteiger partial charge in [0.25, 0.3) is 11.6 Å². The molecule has 2 aromatic heterocycles. The van der Waals surface area contributed by atoms with Crippen molar-refractivity contribution < 1.29 is 9.72 Å². The number of nitrogens with one attached hydrogen (secondary N) is 1. The van der Waals surface area contributed by atoms with Gasteiger partial charge in [-0.15, -0.1) is 10.2 Å². The van der Waals surface area contributed by atoms with Crippen molar-refractivity contribution in [2.45, 2.75) is 6.92 Å². The molecule has 0 radical (unpaired) electrons. The molecule has 9 nitrogen and oxygen atoms in total. The van der Waals surface area contributed by atoms with Crippen molar-refractivity contribution in [3.63, 3.8) is 0 Å². The Kier molecular flexibility index (Phi) is 5.49. The minimum absolute atomic E-state index is 0.0161. The summed E-state index contributed by atoms with van der Waals surface area (Å²) >= 11 is 7.04. The fourth-order valence-corrected chi connectivity index (χ4v) is 3.12. The first-order chi connectivity index (χ1) is 13.4. The molecule has 0 aliphatic carbocycles. The first kappa shape index (κ1) is 19.2. The lowest BCUT2D eigenvalue weighted by molar-refractivity contribution is -0.384. The summed E-state index contributed by atoms with van der Waals surface area (Å²) in [6.07, 6.45) is 3.03. The lowest BCUT2D eigenvalue weighted by Gasteiger charge is -2.08. The molecule has 1 amide bonds. The normalized spacial score (nSPS) is 11.1. The summed E-state index contributed by atoms with van der Waals surface area (Å²) in [6, 6.07) is 9.53. The topological polar surface area (TPSA) is 127 Å². The second kappa shape index (κ2) is 7.99. The number of aromatic nitrogens is 3. The molecule has 28 heavy (non-hydrogen) atoms. The lowest BCUT2D eigenvalue weighted by Crippen LogP contribution is -2.13. The maximum absolute atomic E-state index is 12.3. The van der Waals surface area contributed by atoms with Crippen LogP contribution in [0.5, 0.6) is 0 Å².